The molecule has 1 amide bonds. The van der Waals surface area contributed by atoms with Crippen molar-refractivity contribution in [2.75, 3.05) is 14.2 Å². The van der Waals surface area contributed by atoms with Crippen LogP contribution in [-0.2, 0) is 11.3 Å². The molecule has 134 valence electrons. The van der Waals surface area contributed by atoms with E-state index in [2.05, 4.69) is 4.74 Å². The number of ether oxygens (including phenoxy) is 2. The number of methoxy groups -OCH3 is 1. The molecule has 0 bridgehead atoms. The number of likely N-dealkylation sites (N-methyl/N-ethyl adjacent to an activating group) is 1. The fourth-order valence-corrected chi connectivity index (χ4v) is 3.22. The summed E-state index contributed by atoms with van der Waals surface area (Å²) in [5, 5.41) is 0. The largest absolute Gasteiger partial charge is 0.493 e. The predicted molar refractivity (Wildman–Crippen MR) is 94.5 cm³/mol. The van der Waals surface area contributed by atoms with E-state index in [1.807, 2.05) is 6.07 Å². The van der Waals surface area contributed by atoms with Crippen LogP contribution in [0.2, 0.25) is 4.34 Å². The molecule has 8 heteroatoms. The topological polar surface area (TPSA) is 38.8 Å². The molecular formula is C17H16ClF2NO3S. The lowest BCUT2D eigenvalue weighted by Gasteiger charge is -2.14. The highest BCUT2D eigenvalue weighted by Gasteiger charge is 2.14. The molecule has 1 heterocycles. The van der Waals surface area contributed by atoms with Crippen LogP contribution in [0.3, 0.4) is 0 Å². The molecule has 0 spiro atoms. The van der Waals surface area contributed by atoms with Crippen LogP contribution in [0.1, 0.15) is 10.4 Å². The Labute approximate surface area is 153 Å². The number of amides is 1. The third-order valence-electron chi connectivity index (χ3n) is 3.24. The number of nitrogens with zero attached hydrogens (tertiary/aromatic N) is 1. The number of thiophene rings is 1. The number of rotatable bonds is 7. The highest BCUT2D eigenvalue weighted by Crippen LogP contribution is 2.33. The second-order valence-electron chi connectivity index (χ2n) is 4.99. The summed E-state index contributed by atoms with van der Waals surface area (Å²) in [6.45, 7) is -2.59. The Morgan fingerprint density at radius 2 is 2.12 bits per heavy atom. The van der Waals surface area contributed by atoms with Crippen LogP contribution in [0.15, 0.2) is 36.4 Å². The molecule has 0 atom stereocenters. The average Bonchev–Trinajstić information content (AvgIpc) is 2.97. The minimum Gasteiger partial charge on any atom is -0.493 e. The van der Waals surface area contributed by atoms with Crippen molar-refractivity contribution >= 4 is 34.9 Å². The van der Waals surface area contributed by atoms with Crippen LogP contribution in [0.4, 0.5) is 8.78 Å². The summed E-state index contributed by atoms with van der Waals surface area (Å²) in [6, 6.07) is 8.29. The van der Waals surface area contributed by atoms with Crippen LogP contribution in [0.5, 0.6) is 11.5 Å². The highest BCUT2D eigenvalue weighted by molar-refractivity contribution is 7.16. The van der Waals surface area contributed by atoms with Crippen molar-refractivity contribution in [1.29, 1.82) is 0 Å². The van der Waals surface area contributed by atoms with Crippen LogP contribution in [-0.4, -0.2) is 31.6 Å². The van der Waals surface area contributed by atoms with Gasteiger partial charge in [0.05, 0.1) is 18.0 Å². The molecule has 4 nitrogen and oxygen atoms in total. The van der Waals surface area contributed by atoms with Gasteiger partial charge < -0.3 is 14.4 Å². The van der Waals surface area contributed by atoms with Crippen molar-refractivity contribution in [2.45, 2.75) is 13.2 Å². The Kier molecular flexibility index (Phi) is 6.78. The van der Waals surface area contributed by atoms with Crippen LogP contribution >= 0.6 is 22.9 Å². The summed E-state index contributed by atoms with van der Waals surface area (Å²) in [5.41, 5.74) is 0.320. The fourth-order valence-electron chi connectivity index (χ4n) is 2.08. The minimum atomic E-state index is -2.99. The van der Waals surface area contributed by atoms with Gasteiger partial charge in [0.2, 0.25) is 5.91 Å². The summed E-state index contributed by atoms with van der Waals surface area (Å²) >= 11 is 7.26. The van der Waals surface area contributed by atoms with Gasteiger partial charge in [-0.2, -0.15) is 8.78 Å². The molecule has 0 radical (unpaired) electrons. The summed E-state index contributed by atoms with van der Waals surface area (Å²) in [4.78, 5) is 14.6. The molecule has 25 heavy (non-hydrogen) atoms. The van der Waals surface area contributed by atoms with E-state index >= 15 is 0 Å². The number of carbonyl (C=O) groups excluding carboxylic acids is 1. The van der Waals surface area contributed by atoms with E-state index in [0.29, 0.717) is 16.4 Å². The van der Waals surface area contributed by atoms with Gasteiger partial charge in [-0.15, -0.1) is 11.3 Å². The lowest BCUT2D eigenvalue weighted by atomic mass is 10.1. The quantitative estimate of drug-likeness (QED) is 0.647. The van der Waals surface area contributed by atoms with E-state index in [9.17, 15) is 13.6 Å². The number of halogens is 3. The fraction of sp³-hybridized carbons (Fsp3) is 0.235. The first kappa shape index (κ1) is 19.2. The van der Waals surface area contributed by atoms with Crippen molar-refractivity contribution in [1.82, 2.24) is 4.90 Å². The molecule has 0 fully saturated rings. The van der Waals surface area contributed by atoms with E-state index in [1.54, 1.807) is 25.2 Å². The van der Waals surface area contributed by atoms with E-state index in [1.165, 1.54) is 41.6 Å². The minimum absolute atomic E-state index is 0.114. The van der Waals surface area contributed by atoms with E-state index in [-0.39, 0.29) is 17.4 Å². The number of hydrogen-bond acceptors (Lipinski definition) is 4. The van der Waals surface area contributed by atoms with Crippen LogP contribution < -0.4 is 9.47 Å². The van der Waals surface area contributed by atoms with E-state index < -0.39 is 6.61 Å². The SMILES string of the molecule is COc1cccc(/C=C/C(=O)N(C)Cc2ccc(Cl)s2)c1OC(F)F. The van der Waals surface area contributed by atoms with Crippen LogP contribution in [0, 0.1) is 0 Å². The molecule has 0 saturated carbocycles. The summed E-state index contributed by atoms with van der Waals surface area (Å²) < 4.78 is 35.4. The Morgan fingerprint density at radius 3 is 2.72 bits per heavy atom. The van der Waals surface area contributed by atoms with Gasteiger partial charge in [0.1, 0.15) is 0 Å². The number of carbonyl (C=O) groups is 1. The van der Waals surface area contributed by atoms with Gasteiger partial charge >= 0.3 is 6.61 Å². The second kappa shape index (κ2) is 8.82. The van der Waals surface area contributed by atoms with Gasteiger partial charge in [-0.05, 0) is 24.3 Å². The number of benzene rings is 1. The first-order chi connectivity index (χ1) is 11.9. The normalized spacial score (nSPS) is 11.1. The number of alkyl halides is 2. The maximum Gasteiger partial charge on any atom is 0.387 e. The first-order valence-electron chi connectivity index (χ1n) is 7.20. The molecule has 2 rings (SSSR count). The van der Waals surface area contributed by atoms with Gasteiger partial charge in [0, 0.05) is 23.6 Å². The Hall–Kier alpha value is -2.12. The molecule has 0 aliphatic rings. The third kappa shape index (κ3) is 5.44. The van der Waals surface area contributed by atoms with Crippen molar-refractivity contribution in [3.63, 3.8) is 0 Å². The molecule has 0 saturated heterocycles. The summed E-state index contributed by atoms with van der Waals surface area (Å²) in [6.07, 6.45) is 2.71. The third-order valence-corrected chi connectivity index (χ3v) is 4.46. The van der Waals surface area contributed by atoms with Gasteiger partial charge in [-0.3, -0.25) is 4.79 Å². The van der Waals surface area contributed by atoms with E-state index in [0.717, 1.165) is 4.88 Å². The monoisotopic (exact) mass is 387 g/mol. The zero-order chi connectivity index (χ0) is 18.4. The molecule has 2 aromatic rings. The summed E-state index contributed by atoms with van der Waals surface area (Å²) in [5.74, 6) is -0.233. The van der Waals surface area contributed by atoms with Crippen molar-refractivity contribution in [3.8, 4) is 11.5 Å². The lowest BCUT2D eigenvalue weighted by molar-refractivity contribution is -0.125. The number of hydrogen-bond donors (Lipinski definition) is 0. The molecular weight excluding hydrogens is 372 g/mol. The standard InChI is InChI=1S/C17H16ClF2NO3S/c1-21(10-12-7-8-14(18)25-12)15(22)9-6-11-4-3-5-13(23-2)16(11)24-17(19)20/h3-9,17H,10H2,1-2H3/b9-6+. The van der Waals surface area contributed by atoms with Gasteiger partial charge in [-0.25, -0.2) is 0 Å². The van der Waals surface area contributed by atoms with Gasteiger partial charge in [0.25, 0.3) is 0 Å². The van der Waals surface area contributed by atoms with Crippen molar-refractivity contribution < 1.29 is 23.0 Å². The van der Waals surface area contributed by atoms with Crippen molar-refractivity contribution in [2.24, 2.45) is 0 Å². The smallest absolute Gasteiger partial charge is 0.387 e. The maximum absolute atomic E-state index is 12.6. The zero-order valence-corrected chi connectivity index (χ0v) is 15.1. The Bertz CT molecular complexity index is 764. The number of para-hydroxylation sites is 1. The Morgan fingerprint density at radius 1 is 1.36 bits per heavy atom. The lowest BCUT2D eigenvalue weighted by Crippen LogP contribution is -2.23. The van der Waals surface area contributed by atoms with Gasteiger partial charge in [0.15, 0.2) is 11.5 Å². The summed E-state index contributed by atoms with van der Waals surface area (Å²) in [7, 11) is 2.99. The molecule has 0 N–H and O–H groups in total. The molecule has 0 aliphatic carbocycles. The Balaban J connectivity index is 2.13. The van der Waals surface area contributed by atoms with Gasteiger partial charge in [-0.1, -0.05) is 23.7 Å². The van der Waals surface area contributed by atoms with Crippen LogP contribution in [0.25, 0.3) is 6.08 Å². The molecule has 0 unspecified atom stereocenters. The van der Waals surface area contributed by atoms with E-state index in [4.69, 9.17) is 16.3 Å². The highest BCUT2D eigenvalue weighted by atomic mass is 35.5. The predicted octanol–water partition coefficient (Wildman–Crippen LogP) is 4.68. The second-order valence-corrected chi connectivity index (χ2v) is 6.79. The zero-order valence-electron chi connectivity index (χ0n) is 13.5. The molecule has 1 aromatic heterocycles. The maximum atomic E-state index is 12.6. The molecule has 1 aromatic carbocycles. The first-order valence-corrected chi connectivity index (χ1v) is 8.39. The molecule has 0 aliphatic heterocycles. The van der Waals surface area contributed by atoms with Crippen molar-refractivity contribution in [3.05, 3.63) is 51.2 Å². The average molecular weight is 388 g/mol.